The summed E-state index contributed by atoms with van der Waals surface area (Å²) >= 11 is 5.55. The van der Waals surface area contributed by atoms with Crippen molar-refractivity contribution in [1.82, 2.24) is 5.32 Å². The molecule has 1 aliphatic rings. The summed E-state index contributed by atoms with van der Waals surface area (Å²) in [5.41, 5.74) is 2.78. The van der Waals surface area contributed by atoms with Gasteiger partial charge in [-0.15, -0.1) is 11.3 Å². The number of benzene rings is 1. The van der Waals surface area contributed by atoms with E-state index in [0.717, 1.165) is 13.1 Å². The molecule has 82 valence electrons. The number of nitrogens with one attached hydrogen (secondary N) is 1. The molecule has 3 rings (SSSR count). The fourth-order valence-electron chi connectivity index (χ4n) is 2.05. The third-order valence-electron chi connectivity index (χ3n) is 2.88. The summed E-state index contributed by atoms with van der Waals surface area (Å²) < 4.78 is 1.18. The van der Waals surface area contributed by atoms with Crippen LogP contribution in [0.1, 0.15) is 10.4 Å². The lowest BCUT2D eigenvalue weighted by Gasteiger charge is -2.10. The molecule has 1 aromatic heterocycles. The Bertz CT molecular complexity index is 495. The van der Waals surface area contributed by atoms with Gasteiger partial charge >= 0.3 is 0 Å². The van der Waals surface area contributed by atoms with Gasteiger partial charge in [0.05, 0.1) is 0 Å². The zero-order valence-corrected chi connectivity index (χ0v) is 11.2. The molecule has 0 aliphatic carbocycles. The second kappa shape index (κ2) is 4.32. The van der Waals surface area contributed by atoms with Gasteiger partial charge in [0.15, 0.2) is 0 Å². The van der Waals surface area contributed by atoms with Crippen LogP contribution in [-0.2, 0) is 13.0 Å². The molecule has 1 N–H and O–H groups in total. The van der Waals surface area contributed by atoms with E-state index in [-0.39, 0.29) is 0 Å². The fraction of sp³-hybridized carbons (Fsp3) is 0.231. The predicted octanol–water partition coefficient (Wildman–Crippen LogP) is 3.82. The molecule has 0 bridgehead atoms. The first-order chi connectivity index (χ1) is 7.84. The van der Waals surface area contributed by atoms with Crippen molar-refractivity contribution in [1.29, 1.82) is 0 Å². The molecule has 0 fully saturated rings. The SMILES string of the molecule is Brc1ccccc1-c1cc2c(s1)CCNC2. The highest BCUT2D eigenvalue weighted by atomic mass is 79.9. The smallest absolute Gasteiger partial charge is 0.0360 e. The molecule has 2 heterocycles. The molecule has 0 radical (unpaired) electrons. The molecule has 1 nitrogen and oxygen atoms in total. The molecule has 0 unspecified atom stereocenters. The summed E-state index contributed by atoms with van der Waals surface area (Å²) in [5.74, 6) is 0. The molecule has 0 saturated carbocycles. The molecule has 0 amide bonds. The average Bonchev–Trinajstić information content (AvgIpc) is 2.73. The van der Waals surface area contributed by atoms with Gasteiger partial charge in [-0.25, -0.2) is 0 Å². The Labute approximate surface area is 108 Å². The molecule has 16 heavy (non-hydrogen) atoms. The highest BCUT2D eigenvalue weighted by Crippen LogP contribution is 2.36. The Hall–Kier alpha value is -0.640. The van der Waals surface area contributed by atoms with Gasteiger partial charge in [0.1, 0.15) is 0 Å². The number of hydrogen-bond donors (Lipinski definition) is 1. The Kier molecular flexibility index (Phi) is 2.84. The molecule has 0 atom stereocenters. The van der Waals surface area contributed by atoms with E-state index in [1.54, 1.807) is 4.88 Å². The minimum Gasteiger partial charge on any atom is -0.312 e. The van der Waals surface area contributed by atoms with Gasteiger partial charge in [0.25, 0.3) is 0 Å². The highest BCUT2D eigenvalue weighted by Gasteiger charge is 2.14. The quantitative estimate of drug-likeness (QED) is 0.843. The van der Waals surface area contributed by atoms with E-state index in [4.69, 9.17) is 0 Å². The van der Waals surface area contributed by atoms with Crippen molar-refractivity contribution in [3.05, 3.63) is 45.2 Å². The van der Waals surface area contributed by atoms with E-state index in [1.165, 1.54) is 26.9 Å². The fourth-order valence-corrected chi connectivity index (χ4v) is 3.90. The largest absolute Gasteiger partial charge is 0.312 e. The Morgan fingerprint density at radius 3 is 2.94 bits per heavy atom. The van der Waals surface area contributed by atoms with E-state index in [2.05, 4.69) is 51.6 Å². The van der Waals surface area contributed by atoms with E-state index in [9.17, 15) is 0 Å². The van der Waals surface area contributed by atoms with E-state index in [1.807, 2.05) is 11.3 Å². The number of halogens is 1. The van der Waals surface area contributed by atoms with Gasteiger partial charge in [-0.2, -0.15) is 0 Å². The van der Waals surface area contributed by atoms with Gasteiger partial charge < -0.3 is 5.32 Å². The maximum absolute atomic E-state index is 3.62. The topological polar surface area (TPSA) is 12.0 Å². The maximum atomic E-state index is 3.62. The van der Waals surface area contributed by atoms with Crippen LogP contribution in [0.25, 0.3) is 10.4 Å². The van der Waals surface area contributed by atoms with Crippen molar-refractivity contribution in [2.24, 2.45) is 0 Å². The molecule has 1 aliphatic heterocycles. The molecule has 0 spiro atoms. The number of rotatable bonds is 1. The monoisotopic (exact) mass is 293 g/mol. The van der Waals surface area contributed by atoms with E-state index in [0.29, 0.717) is 0 Å². The van der Waals surface area contributed by atoms with Crippen molar-refractivity contribution in [2.75, 3.05) is 6.54 Å². The lowest BCUT2D eigenvalue weighted by molar-refractivity contribution is 0.653. The van der Waals surface area contributed by atoms with Crippen LogP contribution >= 0.6 is 27.3 Å². The maximum Gasteiger partial charge on any atom is 0.0360 e. The highest BCUT2D eigenvalue weighted by molar-refractivity contribution is 9.10. The van der Waals surface area contributed by atoms with Gasteiger partial charge in [-0.3, -0.25) is 0 Å². The van der Waals surface area contributed by atoms with Gasteiger partial charge in [0.2, 0.25) is 0 Å². The van der Waals surface area contributed by atoms with Gasteiger partial charge in [-0.05, 0) is 24.1 Å². The third-order valence-corrected chi connectivity index (χ3v) is 4.84. The molecule has 0 saturated heterocycles. The minimum atomic E-state index is 1.02. The lowest BCUT2D eigenvalue weighted by atomic mass is 10.1. The van der Waals surface area contributed by atoms with E-state index < -0.39 is 0 Å². The summed E-state index contributed by atoms with van der Waals surface area (Å²) in [7, 11) is 0. The zero-order valence-electron chi connectivity index (χ0n) is 8.79. The first kappa shape index (κ1) is 10.5. The van der Waals surface area contributed by atoms with Crippen LogP contribution in [0, 0.1) is 0 Å². The normalized spacial score (nSPS) is 14.8. The van der Waals surface area contributed by atoms with Gasteiger partial charge in [0, 0.05) is 32.9 Å². The standard InChI is InChI=1S/C13H12BrNS/c14-11-4-2-1-3-10(11)13-7-9-8-15-6-5-12(9)16-13/h1-4,7,15H,5-6,8H2. The molecule has 1 aromatic carbocycles. The second-order valence-corrected chi connectivity index (χ2v) is 5.96. The van der Waals surface area contributed by atoms with Crippen LogP contribution < -0.4 is 5.32 Å². The Morgan fingerprint density at radius 2 is 2.12 bits per heavy atom. The number of thiophene rings is 1. The van der Waals surface area contributed by atoms with Crippen molar-refractivity contribution in [3.63, 3.8) is 0 Å². The second-order valence-electron chi connectivity index (χ2n) is 3.97. The lowest BCUT2D eigenvalue weighted by Crippen LogP contribution is -2.21. The summed E-state index contributed by atoms with van der Waals surface area (Å²) in [6.45, 7) is 2.14. The summed E-state index contributed by atoms with van der Waals surface area (Å²) in [6.07, 6.45) is 1.17. The van der Waals surface area contributed by atoms with Crippen molar-refractivity contribution < 1.29 is 0 Å². The molecular formula is C13H12BrNS. The molecule has 3 heteroatoms. The van der Waals surface area contributed by atoms with E-state index >= 15 is 0 Å². The molecular weight excluding hydrogens is 282 g/mol. The van der Waals surface area contributed by atoms with Crippen LogP contribution in [0.4, 0.5) is 0 Å². The van der Waals surface area contributed by atoms with Gasteiger partial charge in [-0.1, -0.05) is 34.1 Å². The predicted molar refractivity (Wildman–Crippen MR) is 72.9 cm³/mol. The minimum absolute atomic E-state index is 1.02. The van der Waals surface area contributed by atoms with Crippen molar-refractivity contribution in [2.45, 2.75) is 13.0 Å². The third kappa shape index (κ3) is 1.83. The zero-order chi connectivity index (χ0) is 11.0. The van der Waals surface area contributed by atoms with Crippen molar-refractivity contribution in [3.8, 4) is 10.4 Å². The summed E-state index contributed by atoms with van der Waals surface area (Å²) in [5, 5.41) is 3.42. The first-order valence-corrected chi connectivity index (χ1v) is 7.03. The number of fused-ring (bicyclic) bond motifs is 1. The number of hydrogen-bond acceptors (Lipinski definition) is 2. The summed E-state index contributed by atoms with van der Waals surface area (Å²) in [4.78, 5) is 2.92. The van der Waals surface area contributed by atoms with Crippen molar-refractivity contribution >= 4 is 27.3 Å². The Balaban J connectivity index is 2.07. The van der Waals surface area contributed by atoms with Crippen LogP contribution in [0.2, 0.25) is 0 Å². The summed E-state index contributed by atoms with van der Waals surface area (Å²) in [6, 6.07) is 10.8. The van der Waals surface area contributed by atoms with Crippen LogP contribution in [-0.4, -0.2) is 6.54 Å². The molecule has 2 aromatic rings. The average molecular weight is 294 g/mol. The van der Waals surface area contributed by atoms with Crippen LogP contribution in [0.15, 0.2) is 34.8 Å². The first-order valence-electron chi connectivity index (χ1n) is 5.42. The van der Waals surface area contributed by atoms with Crippen LogP contribution in [0.3, 0.4) is 0 Å². The Morgan fingerprint density at radius 1 is 1.25 bits per heavy atom. The van der Waals surface area contributed by atoms with Crippen LogP contribution in [0.5, 0.6) is 0 Å².